The molecule has 3 N–H and O–H groups in total. The molecule has 0 saturated heterocycles. The molecule has 2 heterocycles. The molecule has 200 valence electrons. The summed E-state index contributed by atoms with van der Waals surface area (Å²) in [4.78, 5) is 21.8. The summed E-state index contributed by atoms with van der Waals surface area (Å²) in [5.74, 6) is 2.26. The topological polar surface area (TPSA) is 144 Å². The van der Waals surface area contributed by atoms with Gasteiger partial charge >= 0.3 is 6.09 Å². The molecule has 11 nitrogen and oxygen atoms in total. The summed E-state index contributed by atoms with van der Waals surface area (Å²) >= 11 is 1.29. The van der Waals surface area contributed by atoms with Crippen LogP contribution in [0.3, 0.4) is 0 Å². The Labute approximate surface area is 223 Å². The molecule has 38 heavy (non-hydrogen) atoms. The van der Waals surface area contributed by atoms with Crippen molar-refractivity contribution >= 4 is 28.9 Å². The maximum Gasteiger partial charge on any atom is 0.412 e. The zero-order valence-corrected chi connectivity index (χ0v) is 23.0. The monoisotopic (exact) mass is 539 g/mol. The largest absolute Gasteiger partial charge is 0.493 e. The Morgan fingerprint density at radius 1 is 1.03 bits per heavy atom. The number of anilines is 2. The second kappa shape index (κ2) is 10.6. The van der Waals surface area contributed by atoms with Gasteiger partial charge in [-0.2, -0.15) is 4.98 Å². The summed E-state index contributed by atoms with van der Waals surface area (Å²) in [5, 5.41) is 7.48. The van der Waals surface area contributed by atoms with E-state index in [4.69, 9.17) is 29.2 Å². The van der Waals surface area contributed by atoms with Gasteiger partial charge in [-0.15, -0.1) is 11.3 Å². The highest BCUT2D eigenvalue weighted by Crippen LogP contribution is 2.44. The van der Waals surface area contributed by atoms with Crippen LogP contribution in [0.5, 0.6) is 17.2 Å². The van der Waals surface area contributed by atoms with E-state index < -0.39 is 11.7 Å². The first-order valence-electron chi connectivity index (χ1n) is 11.5. The molecular weight excluding hydrogens is 510 g/mol. The normalized spacial score (nSPS) is 11.2. The maximum absolute atomic E-state index is 12.2. The summed E-state index contributed by atoms with van der Waals surface area (Å²) < 4.78 is 27.2. The van der Waals surface area contributed by atoms with Crippen molar-refractivity contribution in [1.82, 2.24) is 15.1 Å². The summed E-state index contributed by atoms with van der Waals surface area (Å²) in [5.41, 5.74) is 8.45. The third-order valence-corrected chi connectivity index (χ3v) is 6.42. The summed E-state index contributed by atoms with van der Waals surface area (Å²) in [6.45, 7) is 7.30. The molecule has 4 aromatic rings. The number of amides is 1. The minimum absolute atomic E-state index is 0.221. The van der Waals surface area contributed by atoms with Gasteiger partial charge in [0.1, 0.15) is 21.3 Å². The number of aryl methyl sites for hydroxylation is 1. The fourth-order valence-electron chi connectivity index (χ4n) is 3.60. The number of methoxy groups -OCH3 is 3. The third-order valence-electron chi connectivity index (χ3n) is 5.31. The Morgan fingerprint density at radius 2 is 1.71 bits per heavy atom. The standard InChI is InChI=1S/C26H29N5O6S/c1-13-8-9-15(28-25(32)36-26(2,3)4)12-16(13)22-30-23(37-31-22)20-21(27)29-24(38-20)14-10-17(33-5)19(35-7)18(11-14)34-6/h8-12H,27H2,1-7H3,(H,28,32). The van der Waals surface area contributed by atoms with Crippen LogP contribution in [0.1, 0.15) is 26.3 Å². The predicted molar refractivity (Wildman–Crippen MR) is 145 cm³/mol. The van der Waals surface area contributed by atoms with Crippen LogP contribution in [0.15, 0.2) is 34.9 Å². The van der Waals surface area contributed by atoms with E-state index in [1.54, 1.807) is 59.3 Å². The molecule has 2 aromatic heterocycles. The molecule has 0 unspecified atom stereocenters. The van der Waals surface area contributed by atoms with Gasteiger partial charge in [-0.3, -0.25) is 5.32 Å². The number of benzene rings is 2. The van der Waals surface area contributed by atoms with Gasteiger partial charge in [-0.1, -0.05) is 11.2 Å². The highest BCUT2D eigenvalue weighted by molar-refractivity contribution is 7.18. The van der Waals surface area contributed by atoms with Crippen LogP contribution in [0.2, 0.25) is 0 Å². The number of nitrogens with two attached hydrogens (primary N) is 1. The molecule has 0 bridgehead atoms. The van der Waals surface area contributed by atoms with E-state index in [2.05, 4.69) is 20.4 Å². The highest BCUT2D eigenvalue weighted by Gasteiger charge is 2.22. The molecule has 0 fully saturated rings. The molecule has 0 saturated carbocycles. The Morgan fingerprint density at radius 3 is 2.32 bits per heavy atom. The smallest absolute Gasteiger partial charge is 0.412 e. The average Bonchev–Trinajstić information content (AvgIpc) is 3.49. The first kappa shape index (κ1) is 26.7. The number of nitrogens with one attached hydrogen (secondary N) is 1. The molecule has 0 aliphatic rings. The highest BCUT2D eigenvalue weighted by atomic mass is 32.1. The molecule has 0 spiro atoms. The van der Waals surface area contributed by atoms with E-state index in [0.29, 0.717) is 44.2 Å². The van der Waals surface area contributed by atoms with Gasteiger partial charge in [0.25, 0.3) is 5.89 Å². The van der Waals surface area contributed by atoms with E-state index >= 15 is 0 Å². The SMILES string of the molecule is COc1cc(-c2nc(N)c(-c3nc(-c4cc(NC(=O)OC(C)(C)C)ccc4C)no3)s2)cc(OC)c1OC. The van der Waals surface area contributed by atoms with Crippen molar-refractivity contribution in [3.05, 3.63) is 35.9 Å². The van der Waals surface area contributed by atoms with Crippen molar-refractivity contribution < 1.29 is 28.3 Å². The number of thiazole rings is 1. The van der Waals surface area contributed by atoms with Crippen LogP contribution in [0.4, 0.5) is 16.3 Å². The molecule has 12 heteroatoms. The number of nitrogen functional groups attached to an aromatic ring is 1. The van der Waals surface area contributed by atoms with E-state index in [9.17, 15) is 4.79 Å². The van der Waals surface area contributed by atoms with Gasteiger partial charge in [-0.05, 0) is 57.5 Å². The first-order chi connectivity index (χ1) is 18.0. The summed E-state index contributed by atoms with van der Waals surface area (Å²) in [6, 6.07) is 8.95. The number of rotatable bonds is 7. The molecule has 0 atom stereocenters. The second-order valence-corrected chi connectivity index (χ2v) is 10.2. The van der Waals surface area contributed by atoms with Crippen molar-refractivity contribution in [3.8, 4) is 50.0 Å². The molecule has 0 aliphatic heterocycles. The lowest BCUT2D eigenvalue weighted by Gasteiger charge is -2.19. The van der Waals surface area contributed by atoms with Gasteiger partial charge in [0.05, 0.1) is 21.3 Å². The lowest BCUT2D eigenvalue weighted by molar-refractivity contribution is 0.0636. The summed E-state index contributed by atoms with van der Waals surface area (Å²) in [6.07, 6.45) is -0.558. The van der Waals surface area contributed by atoms with Crippen molar-refractivity contribution in [2.75, 3.05) is 32.4 Å². The minimum atomic E-state index is -0.615. The number of hydrogen-bond donors (Lipinski definition) is 2. The Hall–Kier alpha value is -4.32. The van der Waals surface area contributed by atoms with E-state index in [1.807, 2.05) is 13.0 Å². The van der Waals surface area contributed by atoms with Crippen LogP contribution >= 0.6 is 11.3 Å². The Bertz CT molecular complexity index is 1450. The molecular formula is C26H29N5O6S. The zero-order valence-electron chi connectivity index (χ0n) is 22.2. The zero-order chi connectivity index (χ0) is 27.6. The maximum atomic E-state index is 12.2. The van der Waals surface area contributed by atoms with Gasteiger partial charge < -0.3 is 29.2 Å². The Balaban J connectivity index is 1.64. The van der Waals surface area contributed by atoms with Crippen molar-refractivity contribution in [2.24, 2.45) is 0 Å². The number of ether oxygens (including phenoxy) is 4. The average molecular weight is 540 g/mol. The van der Waals surface area contributed by atoms with Crippen LogP contribution in [-0.2, 0) is 4.74 Å². The van der Waals surface area contributed by atoms with Gasteiger partial charge in [0.15, 0.2) is 11.5 Å². The first-order valence-corrected chi connectivity index (χ1v) is 12.4. The van der Waals surface area contributed by atoms with Crippen LogP contribution in [-0.4, -0.2) is 48.1 Å². The lowest BCUT2D eigenvalue weighted by atomic mass is 10.1. The number of hydrogen-bond acceptors (Lipinski definition) is 11. The molecule has 4 rings (SSSR count). The van der Waals surface area contributed by atoms with Gasteiger partial charge in [0, 0.05) is 16.8 Å². The molecule has 2 aromatic carbocycles. The van der Waals surface area contributed by atoms with E-state index in [-0.39, 0.29) is 11.7 Å². The number of carbonyl (C=O) groups is 1. The molecule has 0 aliphatic carbocycles. The van der Waals surface area contributed by atoms with E-state index in [0.717, 1.165) is 11.1 Å². The predicted octanol–water partition coefficient (Wildman–Crippen LogP) is 5.79. The van der Waals surface area contributed by atoms with Crippen molar-refractivity contribution in [3.63, 3.8) is 0 Å². The van der Waals surface area contributed by atoms with Gasteiger partial charge in [-0.25, -0.2) is 9.78 Å². The van der Waals surface area contributed by atoms with Crippen molar-refractivity contribution in [1.29, 1.82) is 0 Å². The summed E-state index contributed by atoms with van der Waals surface area (Å²) in [7, 11) is 4.63. The third kappa shape index (κ3) is 5.65. The van der Waals surface area contributed by atoms with Crippen molar-refractivity contribution in [2.45, 2.75) is 33.3 Å². The van der Waals surface area contributed by atoms with Gasteiger partial charge in [0.2, 0.25) is 11.6 Å². The number of aromatic nitrogens is 3. The van der Waals surface area contributed by atoms with Crippen LogP contribution < -0.4 is 25.3 Å². The molecule has 1 amide bonds. The second-order valence-electron chi connectivity index (χ2n) is 9.23. The fraction of sp³-hybridized carbons (Fsp3) is 0.308. The lowest BCUT2D eigenvalue weighted by Crippen LogP contribution is -2.27. The quantitative estimate of drug-likeness (QED) is 0.296. The van der Waals surface area contributed by atoms with E-state index in [1.165, 1.54) is 18.4 Å². The number of nitrogens with zero attached hydrogens (tertiary/aromatic N) is 3. The van der Waals surface area contributed by atoms with Crippen LogP contribution in [0, 0.1) is 6.92 Å². The minimum Gasteiger partial charge on any atom is -0.493 e. The fourth-order valence-corrected chi connectivity index (χ4v) is 4.49. The Kier molecular flexibility index (Phi) is 7.44. The number of carbonyl (C=O) groups excluding carboxylic acids is 1. The molecule has 0 radical (unpaired) electrons. The van der Waals surface area contributed by atoms with Crippen LogP contribution in [0.25, 0.3) is 32.7 Å².